The largest absolute Gasteiger partial charge is 0.444 e. The molecule has 118 valence electrons. The number of halogens is 1. The van der Waals surface area contributed by atoms with Crippen LogP contribution in [0.15, 0.2) is 10.7 Å². The van der Waals surface area contributed by atoms with Gasteiger partial charge in [0.25, 0.3) is 0 Å². The van der Waals surface area contributed by atoms with E-state index in [4.69, 9.17) is 4.74 Å². The SMILES string of the molecule is CC(C)(C)OC(=O)N1CCC(n2cc(Br)c(CO)n2)CC1. The first kappa shape index (κ1) is 16.3. The van der Waals surface area contributed by atoms with Gasteiger partial charge in [0.2, 0.25) is 0 Å². The Morgan fingerprint density at radius 3 is 2.57 bits per heavy atom. The average molecular weight is 360 g/mol. The highest BCUT2D eigenvalue weighted by Gasteiger charge is 2.28. The number of aromatic nitrogens is 2. The fourth-order valence-corrected chi connectivity index (χ4v) is 2.75. The van der Waals surface area contributed by atoms with Crippen LogP contribution in [0, 0.1) is 0 Å². The molecule has 21 heavy (non-hydrogen) atoms. The minimum absolute atomic E-state index is 0.0790. The average Bonchev–Trinajstić information content (AvgIpc) is 2.78. The monoisotopic (exact) mass is 359 g/mol. The molecule has 1 N–H and O–H groups in total. The standard InChI is InChI=1S/C14H22BrN3O3/c1-14(2,3)21-13(20)17-6-4-10(5-7-17)18-8-11(15)12(9-19)16-18/h8,10,19H,4-7,9H2,1-3H3. The second-order valence-corrected chi connectivity index (χ2v) is 7.11. The van der Waals surface area contributed by atoms with E-state index >= 15 is 0 Å². The van der Waals surface area contributed by atoms with Crippen LogP contribution in [0.2, 0.25) is 0 Å². The van der Waals surface area contributed by atoms with Crippen LogP contribution in [0.25, 0.3) is 0 Å². The Hall–Kier alpha value is -1.08. The third kappa shape index (κ3) is 4.20. The van der Waals surface area contributed by atoms with Crippen molar-refractivity contribution in [2.45, 2.75) is 51.9 Å². The molecule has 1 aliphatic rings. The summed E-state index contributed by atoms with van der Waals surface area (Å²) in [7, 11) is 0. The van der Waals surface area contributed by atoms with Crippen molar-refractivity contribution < 1.29 is 14.6 Å². The van der Waals surface area contributed by atoms with Gasteiger partial charge in [-0.05, 0) is 49.5 Å². The van der Waals surface area contributed by atoms with Gasteiger partial charge in [0.1, 0.15) is 11.3 Å². The van der Waals surface area contributed by atoms with Gasteiger partial charge in [-0.2, -0.15) is 5.10 Å². The third-order valence-corrected chi connectivity index (χ3v) is 4.06. The Balaban J connectivity index is 1.92. The summed E-state index contributed by atoms with van der Waals surface area (Å²) < 4.78 is 8.08. The van der Waals surface area contributed by atoms with Crippen LogP contribution in [0.5, 0.6) is 0 Å². The summed E-state index contributed by atoms with van der Waals surface area (Å²) in [6.45, 7) is 6.85. The first-order valence-corrected chi connectivity index (χ1v) is 7.92. The first-order valence-electron chi connectivity index (χ1n) is 7.12. The molecule has 0 aromatic carbocycles. The number of ether oxygens (including phenoxy) is 1. The van der Waals surface area contributed by atoms with Crippen LogP contribution < -0.4 is 0 Å². The fourth-order valence-electron chi connectivity index (χ4n) is 2.34. The van der Waals surface area contributed by atoms with Gasteiger partial charge >= 0.3 is 6.09 Å². The molecule has 0 bridgehead atoms. The molecule has 1 fully saturated rings. The lowest BCUT2D eigenvalue weighted by molar-refractivity contribution is 0.0184. The van der Waals surface area contributed by atoms with Gasteiger partial charge in [-0.15, -0.1) is 0 Å². The molecule has 1 saturated heterocycles. The normalized spacial score (nSPS) is 17.1. The minimum atomic E-state index is -0.462. The molecule has 1 amide bonds. The molecular formula is C14H22BrN3O3. The number of rotatable bonds is 2. The van der Waals surface area contributed by atoms with Crippen molar-refractivity contribution in [3.8, 4) is 0 Å². The zero-order valence-corrected chi connectivity index (χ0v) is 14.3. The molecule has 0 saturated carbocycles. The molecule has 1 aromatic rings. The van der Waals surface area contributed by atoms with E-state index in [1.54, 1.807) is 4.90 Å². The second-order valence-electron chi connectivity index (χ2n) is 6.26. The van der Waals surface area contributed by atoms with Gasteiger partial charge in [0, 0.05) is 19.3 Å². The molecule has 0 aliphatic carbocycles. The van der Waals surface area contributed by atoms with Crippen molar-refractivity contribution in [1.82, 2.24) is 14.7 Å². The predicted molar refractivity (Wildman–Crippen MR) is 81.9 cm³/mol. The number of likely N-dealkylation sites (tertiary alicyclic amines) is 1. The van der Waals surface area contributed by atoms with E-state index in [2.05, 4.69) is 21.0 Å². The van der Waals surface area contributed by atoms with Crippen LogP contribution in [-0.2, 0) is 11.3 Å². The predicted octanol–water partition coefficient (Wildman–Crippen LogP) is 2.71. The Morgan fingerprint density at radius 1 is 1.48 bits per heavy atom. The Bertz CT molecular complexity index is 502. The number of nitrogens with zero attached hydrogens (tertiary/aromatic N) is 3. The number of aliphatic hydroxyl groups excluding tert-OH is 1. The molecule has 0 atom stereocenters. The quantitative estimate of drug-likeness (QED) is 0.881. The van der Waals surface area contributed by atoms with E-state index < -0.39 is 5.60 Å². The topological polar surface area (TPSA) is 67.6 Å². The van der Waals surface area contributed by atoms with E-state index in [-0.39, 0.29) is 18.7 Å². The number of hydrogen-bond acceptors (Lipinski definition) is 4. The van der Waals surface area contributed by atoms with Gasteiger partial charge in [-0.3, -0.25) is 4.68 Å². The van der Waals surface area contributed by atoms with Crippen molar-refractivity contribution in [1.29, 1.82) is 0 Å². The molecule has 0 unspecified atom stereocenters. The van der Waals surface area contributed by atoms with Gasteiger partial charge < -0.3 is 14.7 Å². The number of carbonyl (C=O) groups is 1. The summed E-state index contributed by atoms with van der Waals surface area (Å²) >= 11 is 3.38. The maximum absolute atomic E-state index is 12.0. The number of amides is 1. The number of piperidine rings is 1. The van der Waals surface area contributed by atoms with Crippen molar-refractivity contribution in [2.75, 3.05) is 13.1 Å². The van der Waals surface area contributed by atoms with E-state index in [1.165, 1.54) is 0 Å². The molecule has 0 spiro atoms. The third-order valence-electron chi connectivity index (χ3n) is 3.40. The van der Waals surface area contributed by atoms with Crippen LogP contribution in [0.4, 0.5) is 4.79 Å². The van der Waals surface area contributed by atoms with Gasteiger partial charge in [-0.25, -0.2) is 4.79 Å². The van der Waals surface area contributed by atoms with Gasteiger partial charge in [0.15, 0.2) is 0 Å². The highest BCUT2D eigenvalue weighted by atomic mass is 79.9. The summed E-state index contributed by atoms with van der Waals surface area (Å²) in [6, 6.07) is 0.250. The van der Waals surface area contributed by atoms with Crippen LogP contribution in [0.1, 0.15) is 45.3 Å². The maximum Gasteiger partial charge on any atom is 0.410 e. The second kappa shape index (κ2) is 6.36. The first-order chi connectivity index (χ1) is 9.80. The Labute approximate surface area is 133 Å². The molecular weight excluding hydrogens is 338 g/mol. The summed E-state index contributed by atoms with van der Waals surface area (Å²) in [6.07, 6.45) is 3.30. The van der Waals surface area contributed by atoms with Crippen molar-refractivity contribution >= 4 is 22.0 Å². The lowest BCUT2D eigenvalue weighted by Crippen LogP contribution is -2.42. The van der Waals surface area contributed by atoms with E-state index in [9.17, 15) is 9.90 Å². The fraction of sp³-hybridized carbons (Fsp3) is 0.714. The Morgan fingerprint density at radius 2 is 2.10 bits per heavy atom. The lowest BCUT2D eigenvalue weighted by Gasteiger charge is -2.33. The minimum Gasteiger partial charge on any atom is -0.444 e. The molecule has 0 radical (unpaired) electrons. The van der Waals surface area contributed by atoms with Crippen LogP contribution >= 0.6 is 15.9 Å². The number of aliphatic hydroxyl groups is 1. The smallest absolute Gasteiger partial charge is 0.410 e. The zero-order valence-electron chi connectivity index (χ0n) is 12.7. The summed E-state index contributed by atoms with van der Waals surface area (Å²) in [5.74, 6) is 0. The number of hydrogen-bond donors (Lipinski definition) is 1. The van der Waals surface area contributed by atoms with E-state index in [0.717, 1.165) is 17.3 Å². The van der Waals surface area contributed by atoms with Crippen LogP contribution in [0.3, 0.4) is 0 Å². The summed E-state index contributed by atoms with van der Waals surface area (Å²) in [5, 5.41) is 13.5. The molecule has 6 nitrogen and oxygen atoms in total. The maximum atomic E-state index is 12.0. The molecule has 1 aliphatic heterocycles. The summed E-state index contributed by atoms with van der Waals surface area (Å²) in [5.41, 5.74) is 0.182. The van der Waals surface area contributed by atoms with Crippen molar-refractivity contribution in [3.63, 3.8) is 0 Å². The van der Waals surface area contributed by atoms with E-state index in [1.807, 2.05) is 31.6 Å². The molecule has 1 aromatic heterocycles. The van der Waals surface area contributed by atoms with Gasteiger partial charge in [0.05, 0.1) is 17.1 Å². The highest BCUT2D eigenvalue weighted by Crippen LogP contribution is 2.26. The van der Waals surface area contributed by atoms with Crippen molar-refractivity contribution in [3.05, 3.63) is 16.4 Å². The summed E-state index contributed by atoms with van der Waals surface area (Å²) in [4.78, 5) is 13.7. The lowest BCUT2D eigenvalue weighted by atomic mass is 10.1. The molecule has 2 rings (SSSR count). The molecule has 7 heteroatoms. The van der Waals surface area contributed by atoms with E-state index in [0.29, 0.717) is 18.8 Å². The van der Waals surface area contributed by atoms with Crippen LogP contribution in [-0.4, -0.2) is 44.6 Å². The molecule has 2 heterocycles. The number of carbonyl (C=O) groups excluding carboxylic acids is 1. The Kier molecular flexibility index (Phi) is 4.93. The van der Waals surface area contributed by atoms with Gasteiger partial charge in [-0.1, -0.05) is 0 Å². The zero-order chi connectivity index (χ0) is 15.6. The van der Waals surface area contributed by atoms with Crippen molar-refractivity contribution in [2.24, 2.45) is 0 Å². The highest BCUT2D eigenvalue weighted by molar-refractivity contribution is 9.10.